The van der Waals surface area contributed by atoms with E-state index in [4.69, 9.17) is 9.97 Å². The molecule has 265 valence electrons. The number of pyridine rings is 1. The number of rotatable bonds is 6. The number of thiophene rings is 1. The Morgan fingerprint density at radius 2 is 1.47 bits per heavy atom. The Bertz CT molecular complexity index is 2670. The molecule has 9 aromatic rings. The molecule has 0 aliphatic rings. The van der Waals surface area contributed by atoms with E-state index >= 15 is 0 Å². The average molecular weight is 945 g/mol. The standard InChI is InChI=1S/C29H17N2S.C18H24GeN.Ir/c1-2-10-20(11-3-1)31-27-21-12-5-4-9-19(21)17-18-25(27)30-29(31)24-15-8-14-23-22-13-6-7-16-26(22)32-28(23)24;1-14(2)11-16-12-18(15-9-7-6-8-10-15)20-13-17(16)19(3,4)5;/h1-14,16-18H;6-9,12-14H,11H2,1-5H3;/q2*-1;. The van der Waals surface area contributed by atoms with Crippen LogP contribution in [0, 0.1) is 18.1 Å². The van der Waals surface area contributed by atoms with Gasteiger partial charge in [0.2, 0.25) is 0 Å². The summed E-state index contributed by atoms with van der Waals surface area (Å²) in [6.45, 7) is 4.57. The second kappa shape index (κ2) is 15.5. The van der Waals surface area contributed by atoms with Gasteiger partial charge < -0.3 is 4.57 Å². The van der Waals surface area contributed by atoms with E-state index in [0.29, 0.717) is 5.92 Å². The molecule has 0 unspecified atom stereocenters. The molecule has 0 saturated heterocycles. The Labute approximate surface area is 332 Å². The molecule has 1 radical (unpaired) electrons. The van der Waals surface area contributed by atoms with Crippen molar-refractivity contribution in [1.29, 1.82) is 0 Å². The Morgan fingerprint density at radius 1 is 0.736 bits per heavy atom. The topological polar surface area (TPSA) is 30.7 Å². The summed E-state index contributed by atoms with van der Waals surface area (Å²) < 4.78 is 6.35. The number of para-hydroxylation sites is 1. The molecular weight excluding hydrogens is 903 g/mol. The first-order valence-corrected chi connectivity index (χ1v) is 26.2. The maximum Gasteiger partial charge on any atom is 0.0781 e. The van der Waals surface area contributed by atoms with Crippen LogP contribution in [0.1, 0.15) is 19.4 Å². The average Bonchev–Trinajstić information content (AvgIpc) is 3.74. The van der Waals surface area contributed by atoms with Gasteiger partial charge in [-0.25, -0.2) is 0 Å². The number of fused-ring (bicyclic) bond motifs is 6. The van der Waals surface area contributed by atoms with Gasteiger partial charge in [-0.05, 0) is 39.7 Å². The van der Waals surface area contributed by atoms with Crippen LogP contribution in [0.3, 0.4) is 0 Å². The number of hydrogen-bond donors (Lipinski definition) is 0. The molecule has 3 nitrogen and oxygen atoms in total. The van der Waals surface area contributed by atoms with Crippen molar-refractivity contribution in [1.82, 2.24) is 14.5 Å². The summed E-state index contributed by atoms with van der Waals surface area (Å²) in [5.74, 6) is 8.92. The van der Waals surface area contributed by atoms with E-state index in [1.807, 2.05) is 35.6 Å². The van der Waals surface area contributed by atoms with E-state index in [1.165, 1.54) is 36.5 Å². The second-order valence-electron chi connectivity index (χ2n) is 14.8. The molecule has 0 bridgehead atoms. The molecule has 6 aromatic carbocycles. The van der Waals surface area contributed by atoms with Crippen molar-refractivity contribution in [3.63, 3.8) is 0 Å². The van der Waals surface area contributed by atoms with Crippen LogP contribution in [0.5, 0.6) is 0 Å². The van der Waals surface area contributed by atoms with Crippen LogP contribution < -0.4 is 4.40 Å². The largest absolute Gasteiger partial charge is 0.333 e. The van der Waals surface area contributed by atoms with Crippen LogP contribution in [0.25, 0.3) is 70.3 Å². The third-order valence-corrected chi connectivity index (χ3v) is 15.1. The third-order valence-electron chi connectivity index (χ3n) is 9.53. The predicted molar refractivity (Wildman–Crippen MR) is 226 cm³/mol. The van der Waals surface area contributed by atoms with Gasteiger partial charge in [-0.2, -0.15) is 11.3 Å². The molecule has 0 atom stereocenters. The van der Waals surface area contributed by atoms with E-state index in [-0.39, 0.29) is 20.1 Å². The number of benzene rings is 6. The van der Waals surface area contributed by atoms with Gasteiger partial charge >= 0.3 is 126 Å². The van der Waals surface area contributed by atoms with Crippen LogP contribution in [0.15, 0.2) is 140 Å². The second-order valence-corrected chi connectivity index (χ2v) is 26.4. The third kappa shape index (κ3) is 7.41. The quantitative estimate of drug-likeness (QED) is 0.123. The monoisotopic (exact) mass is 946 g/mol. The maximum absolute atomic E-state index is 5.17. The minimum absolute atomic E-state index is 0. The molecular formula is C47H41GeIrN3S-2. The molecule has 0 spiro atoms. The van der Waals surface area contributed by atoms with Gasteiger partial charge in [0.15, 0.2) is 0 Å². The summed E-state index contributed by atoms with van der Waals surface area (Å²) in [5.41, 5.74) is 7.92. The molecule has 0 fully saturated rings. The van der Waals surface area contributed by atoms with Crippen molar-refractivity contribution in [2.45, 2.75) is 37.5 Å². The Balaban J connectivity index is 0.000000180. The molecule has 6 heteroatoms. The minimum atomic E-state index is -1.86. The predicted octanol–water partition coefficient (Wildman–Crippen LogP) is 12.3. The van der Waals surface area contributed by atoms with Crippen LogP contribution >= 0.6 is 11.3 Å². The zero-order chi connectivity index (χ0) is 35.8. The minimum Gasteiger partial charge on any atom is -0.333 e. The Morgan fingerprint density at radius 3 is 2.23 bits per heavy atom. The number of nitrogens with zero attached hydrogens (tertiary/aromatic N) is 3. The summed E-state index contributed by atoms with van der Waals surface area (Å²) >= 11 is -0.0421. The van der Waals surface area contributed by atoms with E-state index < -0.39 is 13.3 Å². The van der Waals surface area contributed by atoms with Gasteiger partial charge in [-0.3, -0.25) is 4.98 Å². The fourth-order valence-electron chi connectivity index (χ4n) is 7.17. The van der Waals surface area contributed by atoms with Crippen LogP contribution in [-0.2, 0) is 26.5 Å². The molecule has 3 heterocycles. The number of imidazole rings is 1. The summed E-state index contributed by atoms with van der Waals surface area (Å²) in [6, 6.07) is 53.3. The van der Waals surface area contributed by atoms with Crippen molar-refractivity contribution >= 4 is 71.0 Å². The van der Waals surface area contributed by atoms with E-state index in [9.17, 15) is 0 Å². The van der Waals surface area contributed by atoms with Crippen LogP contribution in [0.4, 0.5) is 0 Å². The molecule has 53 heavy (non-hydrogen) atoms. The fourth-order valence-corrected chi connectivity index (χ4v) is 11.7. The first-order valence-electron chi connectivity index (χ1n) is 18.0. The first kappa shape index (κ1) is 36.9. The van der Waals surface area contributed by atoms with Crippen molar-refractivity contribution in [3.8, 4) is 28.3 Å². The number of aromatic nitrogens is 3. The van der Waals surface area contributed by atoms with E-state index in [0.717, 1.165) is 45.8 Å². The Hall–Kier alpha value is -4.39. The summed E-state index contributed by atoms with van der Waals surface area (Å²) in [5, 5.41) is 4.97. The normalized spacial score (nSPS) is 11.6. The summed E-state index contributed by atoms with van der Waals surface area (Å²) in [7, 11) is 0. The molecule has 9 rings (SSSR count). The van der Waals surface area contributed by atoms with Gasteiger partial charge in [0.25, 0.3) is 0 Å². The van der Waals surface area contributed by atoms with Crippen molar-refractivity contribution in [2.24, 2.45) is 5.92 Å². The van der Waals surface area contributed by atoms with Gasteiger partial charge in [-0.1, -0.05) is 77.7 Å². The zero-order valence-corrected chi connectivity index (χ0v) is 36.0. The fraction of sp³-hybridized carbons (Fsp3) is 0.149. The van der Waals surface area contributed by atoms with E-state index in [1.54, 1.807) is 4.40 Å². The molecule has 0 saturated carbocycles. The van der Waals surface area contributed by atoms with Gasteiger partial charge in [0, 0.05) is 35.9 Å². The molecule has 0 N–H and O–H groups in total. The molecule has 3 aromatic heterocycles. The van der Waals surface area contributed by atoms with Crippen molar-refractivity contribution in [2.75, 3.05) is 0 Å². The first-order chi connectivity index (χ1) is 25.3. The van der Waals surface area contributed by atoms with Gasteiger partial charge in [0.1, 0.15) is 0 Å². The number of hydrogen-bond acceptors (Lipinski definition) is 3. The van der Waals surface area contributed by atoms with Gasteiger partial charge in [-0.15, -0.1) is 18.2 Å². The smallest absolute Gasteiger partial charge is 0.0781 e. The molecule has 0 aliphatic carbocycles. The van der Waals surface area contributed by atoms with Crippen molar-refractivity contribution in [3.05, 3.63) is 157 Å². The maximum atomic E-state index is 5.17. The summed E-state index contributed by atoms with van der Waals surface area (Å²) in [6.07, 6.45) is 3.27. The SMILES string of the molecule is CC(C)Cc1cc(-c2[c-]cccc2)nc[c]1[Ge]([CH3])([CH3])[CH3].[Ir].[c-]1ccc2c(sc3ccccc32)c1-c1nc2ccc3ccccc3c2n1-c1ccccc1. The summed E-state index contributed by atoms with van der Waals surface area (Å²) in [4.78, 5) is 9.87. The zero-order valence-electron chi connectivity index (χ0n) is 30.6. The van der Waals surface area contributed by atoms with E-state index in [2.05, 4.69) is 163 Å². The van der Waals surface area contributed by atoms with Crippen LogP contribution in [0.2, 0.25) is 17.3 Å². The Kier molecular flexibility index (Phi) is 10.8. The molecule has 0 amide bonds. The van der Waals surface area contributed by atoms with Crippen LogP contribution in [-0.4, -0.2) is 27.8 Å². The van der Waals surface area contributed by atoms with Gasteiger partial charge in [0.05, 0.1) is 16.9 Å². The molecule has 0 aliphatic heterocycles. The van der Waals surface area contributed by atoms with Crippen molar-refractivity contribution < 1.29 is 20.1 Å².